The number of aromatic nitrogens is 1. The minimum atomic E-state index is -0.246. The van der Waals surface area contributed by atoms with Crippen LogP contribution in [0, 0.1) is 0 Å². The number of pyridine rings is 1. The van der Waals surface area contributed by atoms with E-state index in [1.807, 2.05) is 24.3 Å². The van der Waals surface area contributed by atoms with Crippen molar-refractivity contribution in [2.75, 3.05) is 24.4 Å². The highest BCUT2D eigenvalue weighted by Crippen LogP contribution is 2.30. The zero-order valence-corrected chi connectivity index (χ0v) is 15.6. The molecule has 1 heterocycles. The van der Waals surface area contributed by atoms with Gasteiger partial charge in [0.25, 0.3) is 5.91 Å². The van der Waals surface area contributed by atoms with E-state index in [0.29, 0.717) is 16.9 Å². The molecule has 0 spiro atoms. The van der Waals surface area contributed by atoms with E-state index in [1.54, 1.807) is 24.3 Å². The summed E-state index contributed by atoms with van der Waals surface area (Å²) in [5.41, 5.74) is 4.82. The molecule has 0 radical (unpaired) electrons. The zero-order chi connectivity index (χ0) is 19.5. The van der Waals surface area contributed by atoms with E-state index in [1.165, 1.54) is 7.11 Å². The van der Waals surface area contributed by atoms with Crippen molar-refractivity contribution in [3.05, 3.63) is 65.4 Å². The highest BCUT2D eigenvalue weighted by atomic mass is 16.5. The van der Waals surface area contributed by atoms with Crippen LogP contribution in [0.4, 0.5) is 11.4 Å². The molecule has 6 nitrogen and oxygen atoms in total. The van der Waals surface area contributed by atoms with E-state index in [2.05, 4.69) is 10.6 Å². The van der Waals surface area contributed by atoms with Gasteiger partial charge in [0.2, 0.25) is 5.91 Å². The molecule has 2 amide bonds. The number of para-hydroxylation sites is 1. The number of amides is 2. The summed E-state index contributed by atoms with van der Waals surface area (Å²) in [5.74, 6) is -0.402. The fourth-order valence-electron chi connectivity index (χ4n) is 3.67. The van der Waals surface area contributed by atoms with Crippen LogP contribution in [0.3, 0.4) is 0 Å². The number of hydrogen-bond donors (Lipinski definition) is 2. The molecule has 28 heavy (non-hydrogen) atoms. The normalized spacial score (nSPS) is 12.6. The summed E-state index contributed by atoms with van der Waals surface area (Å²) >= 11 is 0. The van der Waals surface area contributed by atoms with E-state index in [9.17, 15) is 9.59 Å². The van der Waals surface area contributed by atoms with Gasteiger partial charge in [-0.1, -0.05) is 24.3 Å². The standard InChI is InChI=1S/C22H21N3O3/c1-28-13-20(26)23-14-6-4-7-15(12-14)24-22(27)21-16-8-2-3-10-18(16)25-19-11-5-9-17(19)21/h2-4,6-8,10,12H,5,9,11,13H2,1H3,(H,23,26)(H,24,27). The summed E-state index contributed by atoms with van der Waals surface area (Å²) in [6.07, 6.45) is 2.78. The molecular formula is C22H21N3O3. The lowest BCUT2D eigenvalue weighted by Gasteiger charge is -2.13. The van der Waals surface area contributed by atoms with Gasteiger partial charge in [0.15, 0.2) is 0 Å². The van der Waals surface area contributed by atoms with Crippen LogP contribution in [0.25, 0.3) is 10.9 Å². The van der Waals surface area contributed by atoms with E-state index in [4.69, 9.17) is 9.72 Å². The Bertz CT molecular complexity index is 1060. The maximum absolute atomic E-state index is 13.2. The third-order valence-corrected chi connectivity index (χ3v) is 4.83. The van der Waals surface area contributed by atoms with Crippen molar-refractivity contribution in [2.24, 2.45) is 0 Å². The minimum absolute atomic E-state index is 0.0221. The first-order valence-electron chi connectivity index (χ1n) is 9.26. The number of carbonyl (C=O) groups excluding carboxylic acids is 2. The van der Waals surface area contributed by atoms with Gasteiger partial charge in [-0.2, -0.15) is 0 Å². The highest BCUT2D eigenvalue weighted by molar-refractivity contribution is 6.14. The number of hydrogen-bond acceptors (Lipinski definition) is 4. The van der Waals surface area contributed by atoms with Crippen LogP contribution in [0.1, 0.15) is 28.0 Å². The van der Waals surface area contributed by atoms with Crippen LogP contribution in [-0.4, -0.2) is 30.5 Å². The molecule has 4 rings (SSSR count). The molecule has 0 unspecified atom stereocenters. The summed E-state index contributed by atoms with van der Waals surface area (Å²) in [5, 5.41) is 6.58. The molecule has 0 atom stereocenters. The van der Waals surface area contributed by atoms with Gasteiger partial charge in [-0.05, 0) is 49.1 Å². The molecule has 1 aliphatic carbocycles. The largest absolute Gasteiger partial charge is 0.375 e. The molecule has 0 fully saturated rings. The first kappa shape index (κ1) is 18.1. The summed E-state index contributed by atoms with van der Waals surface area (Å²) in [7, 11) is 1.47. The number of rotatable bonds is 5. The quantitative estimate of drug-likeness (QED) is 0.715. The number of nitrogens with one attached hydrogen (secondary N) is 2. The number of anilines is 2. The molecule has 0 bridgehead atoms. The zero-order valence-electron chi connectivity index (χ0n) is 15.6. The van der Waals surface area contributed by atoms with Crippen molar-refractivity contribution in [2.45, 2.75) is 19.3 Å². The van der Waals surface area contributed by atoms with Crippen LogP contribution < -0.4 is 10.6 Å². The predicted molar refractivity (Wildman–Crippen MR) is 109 cm³/mol. The molecule has 2 N–H and O–H groups in total. The Labute approximate surface area is 162 Å². The molecule has 3 aromatic rings. The molecular weight excluding hydrogens is 354 g/mol. The monoisotopic (exact) mass is 375 g/mol. The first-order valence-corrected chi connectivity index (χ1v) is 9.26. The summed E-state index contributed by atoms with van der Waals surface area (Å²) in [6, 6.07) is 14.8. The Morgan fingerprint density at radius 2 is 1.82 bits per heavy atom. The SMILES string of the molecule is COCC(=O)Nc1cccc(NC(=O)c2c3c(nc4ccccc24)CCC3)c1. The Balaban J connectivity index is 1.64. The molecule has 6 heteroatoms. The number of carbonyl (C=O) groups is 2. The second kappa shape index (κ2) is 7.78. The fraction of sp³-hybridized carbons (Fsp3) is 0.227. The fourth-order valence-corrected chi connectivity index (χ4v) is 3.67. The second-order valence-electron chi connectivity index (χ2n) is 6.80. The van der Waals surface area contributed by atoms with Crippen LogP contribution >= 0.6 is 0 Å². The highest BCUT2D eigenvalue weighted by Gasteiger charge is 2.23. The van der Waals surface area contributed by atoms with Crippen molar-refractivity contribution in [1.82, 2.24) is 4.98 Å². The van der Waals surface area contributed by atoms with Crippen molar-refractivity contribution < 1.29 is 14.3 Å². The molecule has 1 aliphatic rings. The van der Waals surface area contributed by atoms with Crippen molar-refractivity contribution in [3.8, 4) is 0 Å². The molecule has 1 aromatic heterocycles. The number of fused-ring (bicyclic) bond motifs is 2. The smallest absolute Gasteiger partial charge is 0.256 e. The van der Waals surface area contributed by atoms with Gasteiger partial charge in [0.1, 0.15) is 6.61 Å². The van der Waals surface area contributed by atoms with Crippen LogP contribution in [0.15, 0.2) is 48.5 Å². The van der Waals surface area contributed by atoms with Gasteiger partial charge < -0.3 is 15.4 Å². The maximum atomic E-state index is 13.2. The van der Waals surface area contributed by atoms with Crippen LogP contribution in [-0.2, 0) is 22.4 Å². The number of methoxy groups -OCH3 is 1. The third kappa shape index (κ3) is 3.59. The maximum Gasteiger partial charge on any atom is 0.256 e. The van der Waals surface area contributed by atoms with Gasteiger partial charge in [0.05, 0.1) is 11.1 Å². The van der Waals surface area contributed by atoms with Crippen molar-refractivity contribution >= 4 is 34.1 Å². The van der Waals surface area contributed by atoms with Crippen molar-refractivity contribution in [3.63, 3.8) is 0 Å². The molecule has 2 aromatic carbocycles. The number of nitrogens with zero attached hydrogens (tertiary/aromatic N) is 1. The lowest BCUT2D eigenvalue weighted by atomic mass is 10.0. The van der Waals surface area contributed by atoms with Crippen LogP contribution in [0.5, 0.6) is 0 Å². The van der Waals surface area contributed by atoms with E-state index in [-0.39, 0.29) is 18.4 Å². The van der Waals surface area contributed by atoms with E-state index < -0.39 is 0 Å². The van der Waals surface area contributed by atoms with Gasteiger partial charge in [-0.3, -0.25) is 14.6 Å². The minimum Gasteiger partial charge on any atom is -0.375 e. The Kier molecular flexibility index (Phi) is 5.04. The Hall–Kier alpha value is -3.25. The van der Waals surface area contributed by atoms with E-state index in [0.717, 1.165) is 41.4 Å². The summed E-state index contributed by atoms with van der Waals surface area (Å²) in [6.45, 7) is -0.0221. The van der Waals surface area contributed by atoms with Gasteiger partial charge in [-0.25, -0.2) is 0 Å². The van der Waals surface area contributed by atoms with Gasteiger partial charge in [0, 0.05) is 29.6 Å². The Morgan fingerprint density at radius 3 is 2.64 bits per heavy atom. The lowest BCUT2D eigenvalue weighted by molar-refractivity contribution is -0.119. The van der Waals surface area contributed by atoms with Crippen LogP contribution in [0.2, 0.25) is 0 Å². The Morgan fingerprint density at radius 1 is 1.04 bits per heavy atom. The molecule has 0 saturated heterocycles. The van der Waals surface area contributed by atoms with Crippen molar-refractivity contribution in [1.29, 1.82) is 0 Å². The summed E-state index contributed by atoms with van der Waals surface area (Å²) < 4.78 is 4.82. The van der Waals surface area contributed by atoms with E-state index >= 15 is 0 Å². The average Bonchev–Trinajstić information content (AvgIpc) is 3.14. The molecule has 0 aliphatic heterocycles. The van der Waals surface area contributed by atoms with Gasteiger partial charge in [-0.15, -0.1) is 0 Å². The first-order chi connectivity index (χ1) is 13.7. The second-order valence-corrected chi connectivity index (χ2v) is 6.80. The third-order valence-electron chi connectivity index (χ3n) is 4.83. The topological polar surface area (TPSA) is 80.3 Å². The molecule has 142 valence electrons. The predicted octanol–water partition coefficient (Wildman–Crippen LogP) is 3.56. The summed E-state index contributed by atoms with van der Waals surface area (Å²) in [4.78, 5) is 29.6. The number of benzene rings is 2. The lowest BCUT2D eigenvalue weighted by Crippen LogP contribution is -2.18. The number of ether oxygens (including phenoxy) is 1. The molecule has 0 saturated carbocycles. The average molecular weight is 375 g/mol. The van der Waals surface area contributed by atoms with Gasteiger partial charge >= 0.3 is 0 Å². The number of aryl methyl sites for hydroxylation is 1.